The van der Waals surface area contributed by atoms with Gasteiger partial charge in [-0.25, -0.2) is 4.98 Å². The number of hydrogen-bond donors (Lipinski definition) is 2. The summed E-state index contributed by atoms with van der Waals surface area (Å²) in [7, 11) is 2.00. The van der Waals surface area contributed by atoms with Crippen LogP contribution in [0.3, 0.4) is 0 Å². The third-order valence-corrected chi connectivity index (χ3v) is 4.87. The van der Waals surface area contributed by atoms with Crippen molar-refractivity contribution in [2.75, 3.05) is 26.8 Å². The minimum absolute atomic E-state index is 0.327. The third kappa shape index (κ3) is 3.29. The Morgan fingerprint density at radius 2 is 2.39 bits per heavy atom. The monoisotopic (exact) mass is 269 g/mol. The van der Waals surface area contributed by atoms with Crippen molar-refractivity contribution in [3.8, 4) is 0 Å². The van der Waals surface area contributed by atoms with Crippen molar-refractivity contribution < 1.29 is 4.74 Å². The first-order chi connectivity index (χ1) is 8.74. The van der Waals surface area contributed by atoms with Crippen LogP contribution in [-0.4, -0.2) is 37.8 Å². The van der Waals surface area contributed by atoms with Crippen LogP contribution < -0.4 is 10.6 Å². The molecule has 1 aromatic rings. The van der Waals surface area contributed by atoms with Gasteiger partial charge in [-0.05, 0) is 20.4 Å². The molecular weight excluding hydrogens is 246 g/mol. The summed E-state index contributed by atoms with van der Waals surface area (Å²) in [6.45, 7) is 7.01. The van der Waals surface area contributed by atoms with Crippen molar-refractivity contribution in [1.82, 2.24) is 15.6 Å². The maximum absolute atomic E-state index is 5.50. The normalized spacial score (nSPS) is 25.5. The van der Waals surface area contributed by atoms with E-state index in [1.165, 1.54) is 9.88 Å². The molecule has 0 aromatic carbocycles. The molecule has 3 unspecified atom stereocenters. The van der Waals surface area contributed by atoms with Gasteiger partial charge in [-0.15, -0.1) is 11.3 Å². The lowest BCUT2D eigenvalue weighted by Gasteiger charge is -2.19. The molecule has 2 N–H and O–H groups in total. The van der Waals surface area contributed by atoms with Gasteiger partial charge in [-0.1, -0.05) is 6.92 Å². The fraction of sp³-hybridized carbons (Fsp3) is 0.769. The quantitative estimate of drug-likeness (QED) is 0.823. The minimum atomic E-state index is 0.327. The van der Waals surface area contributed by atoms with Crippen LogP contribution in [0.1, 0.15) is 29.8 Å². The molecule has 1 aliphatic rings. The number of thiazole rings is 1. The highest BCUT2D eigenvalue weighted by Crippen LogP contribution is 2.21. The van der Waals surface area contributed by atoms with Crippen molar-refractivity contribution in [2.24, 2.45) is 5.92 Å². The van der Waals surface area contributed by atoms with Gasteiger partial charge in [0.1, 0.15) is 5.01 Å². The van der Waals surface area contributed by atoms with Gasteiger partial charge < -0.3 is 15.4 Å². The van der Waals surface area contributed by atoms with Gasteiger partial charge >= 0.3 is 0 Å². The van der Waals surface area contributed by atoms with E-state index >= 15 is 0 Å². The first kappa shape index (κ1) is 13.9. The molecule has 2 rings (SSSR count). The topological polar surface area (TPSA) is 46.2 Å². The largest absolute Gasteiger partial charge is 0.379 e. The van der Waals surface area contributed by atoms with Crippen LogP contribution in [-0.2, 0) is 11.2 Å². The summed E-state index contributed by atoms with van der Waals surface area (Å²) in [4.78, 5) is 5.84. The summed E-state index contributed by atoms with van der Waals surface area (Å²) in [6.07, 6.45) is 3.07. The second-order valence-electron chi connectivity index (χ2n) is 4.84. The predicted molar refractivity (Wildman–Crippen MR) is 75.1 cm³/mol. The number of rotatable bonds is 6. The van der Waals surface area contributed by atoms with Gasteiger partial charge in [0.05, 0.1) is 19.3 Å². The van der Waals surface area contributed by atoms with Crippen molar-refractivity contribution in [2.45, 2.75) is 32.4 Å². The lowest BCUT2D eigenvalue weighted by atomic mass is 10.0. The maximum atomic E-state index is 5.50. The van der Waals surface area contributed by atoms with E-state index in [0.29, 0.717) is 18.0 Å². The van der Waals surface area contributed by atoms with Gasteiger partial charge in [-0.3, -0.25) is 0 Å². The number of nitrogens with one attached hydrogen (secondary N) is 2. The standard InChI is InChI=1S/C13H23N3OS/c1-4-11-6-16-13(18-11)9(2)15-5-10-7-17-8-12(10)14-3/h6,9-10,12,14-15H,4-5,7-8H2,1-3H3. The van der Waals surface area contributed by atoms with Crippen molar-refractivity contribution in [3.63, 3.8) is 0 Å². The summed E-state index contributed by atoms with van der Waals surface area (Å²) in [6, 6.07) is 0.806. The van der Waals surface area contributed by atoms with Crippen molar-refractivity contribution >= 4 is 11.3 Å². The van der Waals surface area contributed by atoms with Crippen LogP contribution in [0, 0.1) is 5.92 Å². The van der Waals surface area contributed by atoms with E-state index in [9.17, 15) is 0 Å². The number of aromatic nitrogens is 1. The van der Waals surface area contributed by atoms with Crippen molar-refractivity contribution in [3.05, 3.63) is 16.1 Å². The Labute approximate surface area is 113 Å². The molecule has 0 saturated carbocycles. The summed E-state index contributed by atoms with van der Waals surface area (Å²) in [5.74, 6) is 0.558. The SMILES string of the molecule is CCc1cnc(C(C)NCC2COCC2NC)s1. The second kappa shape index (κ2) is 6.61. The lowest BCUT2D eigenvalue weighted by molar-refractivity contribution is 0.182. The molecule has 0 radical (unpaired) electrons. The molecule has 102 valence electrons. The molecular formula is C13H23N3OS. The highest BCUT2D eigenvalue weighted by molar-refractivity contribution is 7.11. The molecule has 1 aliphatic heterocycles. The van der Waals surface area contributed by atoms with E-state index < -0.39 is 0 Å². The molecule has 0 bridgehead atoms. The number of aryl methyl sites for hydroxylation is 1. The number of hydrogen-bond acceptors (Lipinski definition) is 5. The number of ether oxygens (including phenoxy) is 1. The second-order valence-corrected chi connectivity index (χ2v) is 5.99. The molecule has 2 heterocycles. The van der Waals surface area contributed by atoms with E-state index in [2.05, 4.69) is 29.5 Å². The zero-order valence-electron chi connectivity index (χ0n) is 11.4. The molecule has 5 heteroatoms. The molecule has 0 aliphatic carbocycles. The van der Waals surface area contributed by atoms with Gasteiger partial charge in [0.15, 0.2) is 0 Å². The zero-order valence-corrected chi connectivity index (χ0v) is 12.2. The molecule has 1 aromatic heterocycles. The molecule has 0 amide bonds. The Morgan fingerprint density at radius 3 is 3.06 bits per heavy atom. The highest BCUT2D eigenvalue weighted by Gasteiger charge is 2.27. The predicted octanol–water partition coefficient (Wildman–Crippen LogP) is 1.59. The molecule has 18 heavy (non-hydrogen) atoms. The Hall–Kier alpha value is -0.490. The third-order valence-electron chi connectivity index (χ3n) is 3.55. The summed E-state index contributed by atoms with van der Waals surface area (Å²) < 4.78 is 5.50. The summed E-state index contributed by atoms with van der Waals surface area (Å²) in [5.41, 5.74) is 0. The molecule has 3 atom stereocenters. The van der Waals surface area contributed by atoms with E-state index in [1.807, 2.05) is 24.6 Å². The molecule has 1 saturated heterocycles. The van der Waals surface area contributed by atoms with E-state index in [-0.39, 0.29) is 0 Å². The average Bonchev–Trinajstić information content (AvgIpc) is 3.04. The van der Waals surface area contributed by atoms with Gasteiger partial charge in [-0.2, -0.15) is 0 Å². The van der Waals surface area contributed by atoms with Crippen LogP contribution in [0.25, 0.3) is 0 Å². The zero-order chi connectivity index (χ0) is 13.0. The Bertz CT molecular complexity index is 369. The Balaban J connectivity index is 1.82. The van der Waals surface area contributed by atoms with Gasteiger partial charge in [0.25, 0.3) is 0 Å². The average molecular weight is 269 g/mol. The molecule has 4 nitrogen and oxygen atoms in total. The van der Waals surface area contributed by atoms with Gasteiger partial charge in [0, 0.05) is 29.6 Å². The smallest absolute Gasteiger partial charge is 0.109 e. The fourth-order valence-corrected chi connectivity index (χ4v) is 3.10. The minimum Gasteiger partial charge on any atom is -0.379 e. The maximum Gasteiger partial charge on any atom is 0.109 e. The van der Waals surface area contributed by atoms with E-state index in [1.54, 1.807) is 0 Å². The highest BCUT2D eigenvalue weighted by atomic mass is 32.1. The fourth-order valence-electron chi connectivity index (χ4n) is 2.22. The molecule has 1 fully saturated rings. The number of nitrogens with zero attached hydrogens (tertiary/aromatic N) is 1. The Morgan fingerprint density at radius 1 is 1.56 bits per heavy atom. The van der Waals surface area contributed by atoms with Gasteiger partial charge in [0.2, 0.25) is 0 Å². The summed E-state index contributed by atoms with van der Waals surface area (Å²) in [5, 5.41) is 8.07. The first-order valence-corrected chi connectivity index (χ1v) is 7.49. The van der Waals surface area contributed by atoms with Crippen LogP contribution in [0.15, 0.2) is 6.20 Å². The van der Waals surface area contributed by atoms with E-state index in [0.717, 1.165) is 26.2 Å². The lowest BCUT2D eigenvalue weighted by Crippen LogP contribution is -2.38. The van der Waals surface area contributed by atoms with Crippen LogP contribution >= 0.6 is 11.3 Å². The molecule has 0 spiro atoms. The van der Waals surface area contributed by atoms with Crippen LogP contribution in [0.2, 0.25) is 0 Å². The van der Waals surface area contributed by atoms with Crippen molar-refractivity contribution in [1.29, 1.82) is 0 Å². The summed E-state index contributed by atoms with van der Waals surface area (Å²) >= 11 is 1.81. The van der Waals surface area contributed by atoms with E-state index in [4.69, 9.17) is 4.74 Å². The number of likely N-dealkylation sites (N-methyl/N-ethyl adjacent to an activating group) is 1. The Kier molecular flexibility index (Phi) is 5.12. The first-order valence-electron chi connectivity index (χ1n) is 6.67. The van der Waals surface area contributed by atoms with Crippen LogP contribution in [0.5, 0.6) is 0 Å². The van der Waals surface area contributed by atoms with Crippen LogP contribution in [0.4, 0.5) is 0 Å².